The van der Waals surface area contributed by atoms with Crippen molar-refractivity contribution in [2.75, 3.05) is 6.61 Å². The Balaban J connectivity index is 1.76. The Labute approximate surface area is 161 Å². The lowest BCUT2D eigenvalue weighted by Crippen LogP contribution is -2.51. The first-order valence-electron chi connectivity index (χ1n) is 10.1. The number of aliphatic hydroxyl groups excluding tert-OH is 3. The molecule has 2 aliphatic heterocycles. The summed E-state index contributed by atoms with van der Waals surface area (Å²) in [6, 6.07) is 0. The van der Waals surface area contributed by atoms with Gasteiger partial charge in [0.2, 0.25) is 0 Å². The topological polar surface area (TPSA) is 117 Å². The quantitative estimate of drug-likeness (QED) is 0.358. The van der Waals surface area contributed by atoms with E-state index in [-0.39, 0.29) is 55.1 Å². The highest BCUT2D eigenvalue weighted by atomic mass is 16.6. The van der Waals surface area contributed by atoms with Gasteiger partial charge in [-0.25, -0.2) is 0 Å². The lowest BCUT2D eigenvalue weighted by atomic mass is 9.85. The van der Waals surface area contributed by atoms with Crippen LogP contribution in [0.25, 0.3) is 0 Å². The number of unbranched alkanes of at least 4 members (excludes halogenated alkanes) is 1. The maximum absolute atomic E-state index is 12.1. The van der Waals surface area contributed by atoms with E-state index in [1.54, 1.807) is 6.92 Å². The third-order valence-corrected chi connectivity index (χ3v) is 5.81. The number of carbonyl (C=O) groups is 2. The largest absolute Gasteiger partial charge is 0.393 e. The first kappa shape index (κ1) is 22.4. The van der Waals surface area contributed by atoms with E-state index in [1.165, 1.54) is 0 Å². The van der Waals surface area contributed by atoms with Gasteiger partial charge in [-0.1, -0.05) is 20.3 Å². The van der Waals surface area contributed by atoms with Crippen LogP contribution in [-0.2, 0) is 19.1 Å². The number of ketones is 2. The summed E-state index contributed by atoms with van der Waals surface area (Å²) in [4.78, 5) is 23.8. The molecule has 0 aromatic rings. The molecular weight excluding hydrogens is 352 g/mol. The Bertz CT molecular complexity index is 507. The second-order valence-corrected chi connectivity index (χ2v) is 8.15. The molecule has 2 saturated heterocycles. The van der Waals surface area contributed by atoms with Crippen molar-refractivity contribution in [3.63, 3.8) is 0 Å². The predicted octanol–water partition coefficient (Wildman–Crippen LogP) is 1.01. The van der Waals surface area contributed by atoms with Crippen molar-refractivity contribution in [1.29, 1.82) is 0 Å². The fourth-order valence-electron chi connectivity index (χ4n) is 3.69. The zero-order valence-electron chi connectivity index (χ0n) is 16.5. The molecule has 27 heavy (non-hydrogen) atoms. The molecule has 0 aliphatic carbocycles. The van der Waals surface area contributed by atoms with Gasteiger partial charge >= 0.3 is 0 Å². The summed E-state index contributed by atoms with van der Waals surface area (Å²) in [6.07, 6.45) is -1.10. The first-order chi connectivity index (χ1) is 12.7. The Kier molecular flexibility index (Phi) is 8.37. The second kappa shape index (κ2) is 10.1. The van der Waals surface area contributed by atoms with E-state index < -0.39 is 24.4 Å². The average Bonchev–Trinajstić information content (AvgIpc) is 3.37. The second-order valence-electron chi connectivity index (χ2n) is 8.15. The number of ether oxygens (including phenoxy) is 2. The molecule has 2 aliphatic rings. The maximum atomic E-state index is 12.1. The Morgan fingerprint density at radius 1 is 1.11 bits per heavy atom. The summed E-state index contributed by atoms with van der Waals surface area (Å²) < 4.78 is 11.2. The van der Waals surface area contributed by atoms with Crippen LogP contribution < -0.4 is 0 Å². The van der Waals surface area contributed by atoms with Gasteiger partial charge in [0.25, 0.3) is 0 Å². The summed E-state index contributed by atoms with van der Waals surface area (Å²) in [5.41, 5.74) is 0. The smallest absolute Gasteiger partial charge is 0.142 e. The third-order valence-electron chi connectivity index (χ3n) is 5.81. The molecule has 0 bridgehead atoms. The van der Waals surface area contributed by atoms with Crippen molar-refractivity contribution in [3.8, 4) is 0 Å². The van der Waals surface area contributed by atoms with Crippen LogP contribution in [0.3, 0.4) is 0 Å². The normalized spacial score (nSPS) is 35.5. The molecule has 0 saturated carbocycles. The minimum Gasteiger partial charge on any atom is -0.393 e. The molecule has 2 rings (SSSR count). The number of epoxide rings is 1. The summed E-state index contributed by atoms with van der Waals surface area (Å²) in [5, 5.41) is 30.4. The highest BCUT2D eigenvalue weighted by Gasteiger charge is 2.48. The lowest BCUT2D eigenvalue weighted by Gasteiger charge is -2.37. The number of rotatable bonds is 11. The van der Waals surface area contributed by atoms with E-state index in [4.69, 9.17) is 9.47 Å². The van der Waals surface area contributed by atoms with Crippen LogP contribution >= 0.6 is 0 Å². The molecular formula is C20H34O7. The molecule has 0 radical (unpaired) electrons. The van der Waals surface area contributed by atoms with Crippen molar-refractivity contribution >= 4 is 11.6 Å². The van der Waals surface area contributed by atoms with Crippen LogP contribution in [0.4, 0.5) is 0 Å². The van der Waals surface area contributed by atoms with Gasteiger partial charge in [0.1, 0.15) is 17.7 Å². The Morgan fingerprint density at radius 2 is 1.81 bits per heavy atom. The van der Waals surface area contributed by atoms with Crippen LogP contribution in [0.5, 0.6) is 0 Å². The van der Waals surface area contributed by atoms with Crippen molar-refractivity contribution in [2.24, 2.45) is 11.8 Å². The van der Waals surface area contributed by atoms with Crippen LogP contribution in [0.15, 0.2) is 0 Å². The molecule has 0 aromatic carbocycles. The molecule has 8 atom stereocenters. The molecule has 7 nitrogen and oxygen atoms in total. The van der Waals surface area contributed by atoms with Crippen LogP contribution in [-0.4, -0.2) is 70.1 Å². The van der Waals surface area contributed by atoms with Crippen LogP contribution in [0, 0.1) is 11.8 Å². The number of hydrogen-bond acceptors (Lipinski definition) is 7. The van der Waals surface area contributed by atoms with Crippen molar-refractivity contribution in [2.45, 2.75) is 95.9 Å². The first-order valence-corrected chi connectivity index (χ1v) is 10.1. The molecule has 3 N–H and O–H groups in total. The van der Waals surface area contributed by atoms with E-state index >= 15 is 0 Å². The van der Waals surface area contributed by atoms with Gasteiger partial charge in [-0.15, -0.1) is 0 Å². The highest BCUT2D eigenvalue weighted by molar-refractivity contribution is 5.99. The van der Waals surface area contributed by atoms with Gasteiger partial charge < -0.3 is 24.8 Å². The van der Waals surface area contributed by atoms with Crippen LogP contribution in [0.1, 0.15) is 59.3 Å². The van der Waals surface area contributed by atoms with E-state index in [0.717, 1.165) is 12.8 Å². The minimum atomic E-state index is -1.16. The number of carbonyl (C=O) groups excluding carboxylic acids is 2. The monoisotopic (exact) mass is 386 g/mol. The van der Waals surface area contributed by atoms with E-state index in [9.17, 15) is 24.9 Å². The number of Topliss-reactive ketones (excluding diaryl/α,β-unsaturated/α-hetero) is 2. The zero-order chi connectivity index (χ0) is 20.1. The van der Waals surface area contributed by atoms with Crippen LogP contribution in [0.2, 0.25) is 0 Å². The minimum absolute atomic E-state index is 0.0113. The predicted molar refractivity (Wildman–Crippen MR) is 98.1 cm³/mol. The molecule has 2 fully saturated rings. The molecule has 2 heterocycles. The van der Waals surface area contributed by atoms with Crippen molar-refractivity contribution in [3.05, 3.63) is 0 Å². The standard InChI is InChI=1S/C20H34O7/c1-4-5-6-14(22)8-15(23)9-16-19(25)18(24)13(10-26-16)7-17-20(27-17)11(2)12(3)21/h11-13,16-21,24-25H,4-10H2,1-3H3/t11-,12-,13-,16-,17-,18+,19-,20-/m0/s1. The Hall–Kier alpha value is -0.860. The summed E-state index contributed by atoms with van der Waals surface area (Å²) in [7, 11) is 0. The molecule has 156 valence electrons. The van der Waals surface area contributed by atoms with Gasteiger partial charge in [0.15, 0.2) is 0 Å². The highest BCUT2D eigenvalue weighted by Crippen LogP contribution is 2.38. The molecule has 0 amide bonds. The van der Waals surface area contributed by atoms with Gasteiger partial charge in [0.05, 0.1) is 43.5 Å². The molecule has 0 spiro atoms. The van der Waals surface area contributed by atoms with Crippen molar-refractivity contribution < 1.29 is 34.4 Å². The van der Waals surface area contributed by atoms with Gasteiger partial charge in [-0.2, -0.15) is 0 Å². The lowest BCUT2D eigenvalue weighted by molar-refractivity contribution is -0.170. The van der Waals surface area contributed by atoms with Gasteiger partial charge in [-0.05, 0) is 19.8 Å². The van der Waals surface area contributed by atoms with Gasteiger partial charge in [0, 0.05) is 24.7 Å². The van der Waals surface area contributed by atoms with Crippen molar-refractivity contribution in [1.82, 2.24) is 0 Å². The van der Waals surface area contributed by atoms with E-state index in [0.29, 0.717) is 12.8 Å². The fourth-order valence-corrected chi connectivity index (χ4v) is 3.69. The fraction of sp³-hybridized carbons (Fsp3) is 0.900. The number of aliphatic hydroxyl groups is 3. The summed E-state index contributed by atoms with van der Waals surface area (Å²) in [5.74, 6) is -0.622. The SMILES string of the molecule is CCCCC(=O)CC(=O)C[C@@H]1OC[C@H](C[C@@H]2O[C@H]2[C@@H](C)[C@H](C)O)[C@@H](O)[C@H]1O. The molecule has 7 heteroatoms. The molecule has 0 aromatic heterocycles. The Morgan fingerprint density at radius 3 is 2.44 bits per heavy atom. The van der Waals surface area contributed by atoms with E-state index in [2.05, 4.69) is 0 Å². The molecule has 0 unspecified atom stereocenters. The zero-order valence-corrected chi connectivity index (χ0v) is 16.5. The average molecular weight is 386 g/mol. The van der Waals surface area contributed by atoms with Gasteiger partial charge in [-0.3, -0.25) is 9.59 Å². The summed E-state index contributed by atoms with van der Waals surface area (Å²) in [6.45, 7) is 5.86. The summed E-state index contributed by atoms with van der Waals surface area (Å²) >= 11 is 0. The third kappa shape index (κ3) is 6.32. The number of hydrogen-bond donors (Lipinski definition) is 3. The van der Waals surface area contributed by atoms with E-state index in [1.807, 2.05) is 13.8 Å². The maximum Gasteiger partial charge on any atom is 0.142 e.